The molecule has 0 aromatic heterocycles. The van der Waals surface area contributed by atoms with Gasteiger partial charge in [0.25, 0.3) is 0 Å². The summed E-state index contributed by atoms with van der Waals surface area (Å²) in [6, 6.07) is 32.7. The number of hydrogen-bond donors (Lipinski definition) is 0. The van der Waals surface area contributed by atoms with Gasteiger partial charge in [-0.25, -0.2) is 0 Å². The largest absolute Gasteiger partial charge is 0.351 e. The molecule has 36 heavy (non-hydrogen) atoms. The van der Waals surface area contributed by atoms with Crippen molar-refractivity contribution in [1.29, 1.82) is 10.5 Å². The van der Waals surface area contributed by atoms with Crippen LogP contribution in [0.5, 0.6) is 0 Å². The molecule has 0 radical (unpaired) electrons. The fraction of sp³-hybridized carbons (Fsp3) is 0.129. The summed E-state index contributed by atoms with van der Waals surface area (Å²) in [5.74, 6) is -0.728. The number of ketones is 1. The number of fused-ring (bicyclic) bond motifs is 5. The van der Waals surface area contributed by atoms with Crippen LogP contribution in [0.15, 0.2) is 97.1 Å². The molecule has 172 valence electrons. The number of halogens is 1. The average molecular weight is 577 g/mol. The lowest BCUT2D eigenvalue weighted by Crippen LogP contribution is -2.44. The van der Waals surface area contributed by atoms with Crippen LogP contribution in [0.2, 0.25) is 0 Å². The van der Waals surface area contributed by atoms with E-state index in [1.165, 1.54) is 0 Å². The van der Waals surface area contributed by atoms with Gasteiger partial charge >= 0.3 is 0 Å². The van der Waals surface area contributed by atoms with Gasteiger partial charge in [0.15, 0.2) is 11.2 Å². The molecule has 1 saturated heterocycles. The van der Waals surface area contributed by atoms with Crippen LogP contribution in [-0.2, 0) is 0 Å². The van der Waals surface area contributed by atoms with Crippen LogP contribution in [0.3, 0.4) is 0 Å². The molecule has 0 bridgehead atoms. The summed E-state index contributed by atoms with van der Waals surface area (Å²) in [5.41, 5.74) is 1.82. The highest BCUT2D eigenvalue weighted by atomic mass is 127. The first-order valence-corrected chi connectivity index (χ1v) is 12.8. The van der Waals surface area contributed by atoms with E-state index in [2.05, 4.69) is 46.9 Å². The smallest absolute Gasteiger partial charge is 0.185 e. The molecule has 6 rings (SSSR count). The second-order valence-corrected chi connectivity index (χ2v) is 10.5. The molecule has 3 atom stereocenters. The quantitative estimate of drug-likeness (QED) is 0.200. The first-order valence-electron chi connectivity index (χ1n) is 11.7. The minimum absolute atomic E-state index is 0.0914. The van der Waals surface area contributed by atoms with Crippen LogP contribution in [0.4, 0.5) is 5.69 Å². The van der Waals surface area contributed by atoms with Crippen LogP contribution < -0.4 is 4.90 Å². The van der Waals surface area contributed by atoms with Gasteiger partial charge in [-0.05, 0) is 57.1 Å². The molecule has 0 N–H and O–H groups in total. The number of benzene rings is 4. The number of carbonyl (C=O) groups excluding carboxylic acids is 1. The Hall–Kier alpha value is -3.94. The molecule has 0 spiro atoms. The Balaban J connectivity index is 1.65. The van der Waals surface area contributed by atoms with Gasteiger partial charge in [-0.2, -0.15) is 10.5 Å². The van der Waals surface area contributed by atoms with Crippen molar-refractivity contribution in [3.63, 3.8) is 0 Å². The van der Waals surface area contributed by atoms with Crippen molar-refractivity contribution in [3.8, 4) is 12.1 Å². The van der Waals surface area contributed by atoms with E-state index in [-0.39, 0.29) is 5.78 Å². The molecule has 2 aliphatic heterocycles. The summed E-state index contributed by atoms with van der Waals surface area (Å²) in [7, 11) is 0. The summed E-state index contributed by atoms with van der Waals surface area (Å²) in [6.45, 7) is 0. The summed E-state index contributed by atoms with van der Waals surface area (Å²) < 4.78 is 0.993. The number of rotatable bonds is 3. The van der Waals surface area contributed by atoms with Gasteiger partial charge in [0.1, 0.15) is 6.04 Å². The van der Waals surface area contributed by atoms with Crippen molar-refractivity contribution in [2.45, 2.75) is 18.0 Å². The Bertz CT molecular complexity index is 1620. The molecular weight excluding hydrogens is 557 g/mol. The molecule has 0 amide bonds. The molecule has 3 unspecified atom stereocenters. The molecule has 2 heterocycles. The zero-order valence-electron chi connectivity index (χ0n) is 19.2. The van der Waals surface area contributed by atoms with Crippen LogP contribution in [0.1, 0.15) is 27.4 Å². The van der Waals surface area contributed by atoms with Crippen molar-refractivity contribution in [2.24, 2.45) is 5.41 Å². The number of nitrogens with zero attached hydrogens (tertiary/aromatic N) is 3. The van der Waals surface area contributed by atoms with Gasteiger partial charge in [-0.15, -0.1) is 0 Å². The van der Waals surface area contributed by atoms with Crippen LogP contribution in [-0.4, -0.2) is 17.9 Å². The SMILES string of the molecule is N#CC1(C#N)C(c2cccc(I)c2)C(C(=O)c2ccccc2)N2c3ccc4ccccc4c3C=CC21. The molecule has 2 aliphatic rings. The number of hydrogen-bond acceptors (Lipinski definition) is 4. The third kappa shape index (κ3) is 3.20. The Morgan fingerprint density at radius 2 is 1.64 bits per heavy atom. The topological polar surface area (TPSA) is 67.9 Å². The molecule has 1 fully saturated rings. The number of carbonyl (C=O) groups is 1. The molecule has 4 aromatic carbocycles. The molecule has 4 nitrogen and oxygen atoms in total. The Kier molecular flexibility index (Phi) is 5.39. The summed E-state index contributed by atoms with van der Waals surface area (Å²) in [4.78, 5) is 16.3. The fourth-order valence-electron chi connectivity index (χ4n) is 5.89. The van der Waals surface area contributed by atoms with E-state index in [0.29, 0.717) is 5.56 Å². The summed E-state index contributed by atoms with van der Waals surface area (Å²) in [6.07, 6.45) is 3.96. The Morgan fingerprint density at radius 3 is 2.39 bits per heavy atom. The van der Waals surface area contributed by atoms with Crippen molar-refractivity contribution in [3.05, 3.63) is 117 Å². The lowest BCUT2D eigenvalue weighted by molar-refractivity contribution is 0.0951. The van der Waals surface area contributed by atoms with E-state index in [4.69, 9.17) is 0 Å². The number of Topliss-reactive ketones (excluding diaryl/α,β-unsaturated/α-hetero) is 1. The summed E-state index contributed by atoms with van der Waals surface area (Å²) in [5, 5.41) is 23.4. The van der Waals surface area contributed by atoms with Gasteiger partial charge in [0, 0.05) is 26.3 Å². The van der Waals surface area contributed by atoms with E-state index < -0.39 is 23.4 Å². The van der Waals surface area contributed by atoms with Gasteiger partial charge in [0.2, 0.25) is 0 Å². The predicted octanol–water partition coefficient (Wildman–Crippen LogP) is 6.73. The van der Waals surface area contributed by atoms with E-state index in [9.17, 15) is 15.3 Å². The third-order valence-electron chi connectivity index (χ3n) is 7.45. The minimum Gasteiger partial charge on any atom is -0.351 e. The summed E-state index contributed by atoms with van der Waals surface area (Å²) >= 11 is 2.24. The van der Waals surface area contributed by atoms with E-state index in [0.717, 1.165) is 31.2 Å². The second kappa shape index (κ2) is 8.62. The first kappa shape index (κ1) is 22.5. The molecule has 4 aromatic rings. The van der Waals surface area contributed by atoms with Crippen molar-refractivity contribution in [1.82, 2.24) is 0 Å². The molecule has 0 aliphatic carbocycles. The maximum absolute atomic E-state index is 14.3. The molecule has 5 heteroatoms. The van der Waals surface area contributed by atoms with Crippen LogP contribution in [0, 0.1) is 31.6 Å². The van der Waals surface area contributed by atoms with E-state index in [1.807, 2.05) is 95.9 Å². The lowest BCUT2D eigenvalue weighted by atomic mass is 9.69. The highest BCUT2D eigenvalue weighted by Gasteiger charge is 2.63. The molecule has 0 saturated carbocycles. The lowest BCUT2D eigenvalue weighted by Gasteiger charge is -2.36. The number of nitriles is 2. The third-order valence-corrected chi connectivity index (χ3v) is 8.12. The normalized spacial score (nSPS) is 21.3. The van der Waals surface area contributed by atoms with E-state index >= 15 is 0 Å². The Morgan fingerprint density at radius 1 is 0.889 bits per heavy atom. The monoisotopic (exact) mass is 577 g/mol. The zero-order chi connectivity index (χ0) is 24.9. The second-order valence-electron chi connectivity index (χ2n) is 9.23. The zero-order valence-corrected chi connectivity index (χ0v) is 21.3. The first-order chi connectivity index (χ1) is 17.6. The van der Waals surface area contributed by atoms with Crippen molar-refractivity contribution < 1.29 is 4.79 Å². The standard InChI is InChI=1S/C31H20IN3O/c32-23-11-6-10-22(17-23)28-29(30(36)21-8-2-1-3-9-21)35-26-15-13-20-7-4-5-12-24(20)25(26)14-16-27(35)31(28,18-33)19-34/h1-17,27-29H. The van der Waals surface area contributed by atoms with Gasteiger partial charge in [-0.3, -0.25) is 4.79 Å². The van der Waals surface area contributed by atoms with E-state index in [1.54, 1.807) is 0 Å². The predicted molar refractivity (Wildman–Crippen MR) is 149 cm³/mol. The van der Waals surface area contributed by atoms with Crippen LogP contribution in [0.25, 0.3) is 16.8 Å². The highest BCUT2D eigenvalue weighted by molar-refractivity contribution is 14.1. The number of anilines is 1. The fourth-order valence-corrected chi connectivity index (χ4v) is 6.46. The van der Waals surface area contributed by atoms with Crippen LogP contribution >= 0.6 is 22.6 Å². The highest BCUT2D eigenvalue weighted by Crippen LogP contribution is 2.56. The average Bonchev–Trinajstić information content (AvgIpc) is 3.24. The van der Waals surface area contributed by atoms with Crippen molar-refractivity contribution in [2.75, 3.05) is 4.90 Å². The molecular formula is C31H20IN3O. The van der Waals surface area contributed by atoms with Gasteiger partial charge in [-0.1, -0.05) is 84.9 Å². The Labute approximate surface area is 223 Å². The van der Waals surface area contributed by atoms with Crippen molar-refractivity contribution >= 4 is 50.9 Å². The minimum atomic E-state index is -1.45. The van der Waals surface area contributed by atoms with Gasteiger partial charge < -0.3 is 4.90 Å². The maximum atomic E-state index is 14.3. The maximum Gasteiger partial charge on any atom is 0.185 e. The van der Waals surface area contributed by atoms with Gasteiger partial charge in [0.05, 0.1) is 18.2 Å².